The van der Waals surface area contributed by atoms with Gasteiger partial charge in [-0.1, -0.05) is 6.92 Å². The average Bonchev–Trinajstić information content (AvgIpc) is 3.29. The van der Waals surface area contributed by atoms with Crippen molar-refractivity contribution < 1.29 is 9.59 Å². The molecule has 3 atom stereocenters. The second kappa shape index (κ2) is 6.70. The van der Waals surface area contributed by atoms with Crippen LogP contribution in [0.1, 0.15) is 32.6 Å². The maximum Gasteiger partial charge on any atom is 0.226 e. The highest BCUT2D eigenvalue weighted by Crippen LogP contribution is 2.31. The first kappa shape index (κ1) is 17.0. The fraction of sp³-hybridized carbons (Fsp3) is 0.579. The summed E-state index contributed by atoms with van der Waals surface area (Å²) in [5.41, 5.74) is 0.822. The minimum absolute atomic E-state index is 0.114. The number of hydrogen-bond donors (Lipinski definition) is 1. The van der Waals surface area contributed by atoms with Crippen LogP contribution in [0.5, 0.6) is 0 Å². The van der Waals surface area contributed by atoms with Crippen LogP contribution in [0.3, 0.4) is 0 Å². The molecule has 26 heavy (non-hydrogen) atoms. The third kappa shape index (κ3) is 2.95. The lowest BCUT2D eigenvalue weighted by Gasteiger charge is -2.42. The molecular weight excluding hydrogens is 330 g/mol. The largest absolute Gasteiger partial charge is 0.354 e. The zero-order chi connectivity index (χ0) is 18.3. The number of fused-ring (bicyclic) bond motifs is 1. The molecule has 1 saturated carbocycles. The molecule has 1 amide bonds. The van der Waals surface area contributed by atoms with E-state index in [-0.39, 0.29) is 23.7 Å². The number of aromatic amines is 1. The van der Waals surface area contributed by atoms with Gasteiger partial charge in [-0.25, -0.2) is 9.97 Å². The number of anilines is 1. The Bertz CT molecular complexity index is 832. The Morgan fingerprint density at radius 2 is 2.19 bits per heavy atom. The van der Waals surface area contributed by atoms with Crippen molar-refractivity contribution in [2.75, 3.05) is 25.0 Å². The van der Waals surface area contributed by atoms with E-state index in [2.05, 4.69) is 26.8 Å². The third-order valence-corrected chi connectivity index (χ3v) is 5.99. The number of piperidine rings is 1. The van der Waals surface area contributed by atoms with Gasteiger partial charge in [0.2, 0.25) is 5.91 Å². The second-order valence-electron chi connectivity index (χ2n) is 7.64. The molecule has 1 saturated heterocycles. The first-order valence-corrected chi connectivity index (χ1v) is 9.36. The lowest BCUT2D eigenvalue weighted by Crippen LogP contribution is -2.53. The molecule has 1 aliphatic heterocycles. The first-order chi connectivity index (χ1) is 12.5. The van der Waals surface area contributed by atoms with Gasteiger partial charge in [0.15, 0.2) is 0 Å². The van der Waals surface area contributed by atoms with Gasteiger partial charge in [-0.2, -0.15) is 0 Å². The van der Waals surface area contributed by atoms with Crippen LogP contribution in [0.25, 0.3) is 11.0 Å². The predicted molar refractivity (Wildman–Crippen MR) is 98.8 cm³/mol. The Balaban J connectivity index is 1.54. The van der Waals surface area contributed by atoms with Gasteiger partial charge in [-0.3, -0.25) is 9.59 Å². The number of H-pyrrole nitrogens is 1. The number of carbonyl (C=O) groups excluding carboxylic acids is 2. The fourth-order valence-electron chi connectivity index (χ4n) is 4.33. The standard InChI is InChI=1S/C19H25N5O2/c1-12-6-8-24(19(26)13-3-4-14(25)9-13)10-16(12)23(2)18-15-5-7-20-17(15)21-11-22-18/h5,7,11-13,16H,3-4,6,8-10H2,1-2H3,(H,20,21,22)/t12-,13-,16-/m1/s1. The highest BCUT2D eigenvalue weighted by molar-refractivity contribution is 5.90. The minimum Gasteiger partial charge on any atom is -0.354 e. The van der Waals surface area contributed by atoms with Crippen LogP contribution in [-0.2, 0) is 9.59 Å². The number of nitrogens with zero attached hydrogens (tertiary/aromatic N) is 4. The molecule has 2 aromatic heterocycles. The number of aromatic nitrogens is 3. The Labute approximate surface area is 152 Å². The smallest absolute Gasteiger partial charge is 0.226 e. The molecule has 2 fully saturated rings. The van der Waals surface area contributed by atoms with Crippen LogP contribution >= 0.6 is 0 Å². The quantitative estimate of drug-likeness (QED) is 0.911. The van der Waals surface area contributed by atoms with Gasteiger partial charge in [-0.15, -0.1) is 0 Å². The van der Waals surface area contributed by atoms with E-state index in [1.165, 1.54) is 0 Å². The SMILES string of the molecule is C[C@@H]1CCN(C(=O)[C@@H]2CCC(=O)C2)C[C@H]1N(C)c1ncnc2[nH]ccc12. The zero-order valence-electron chi connectivity index (χ0n) is 15.3. The first-order valence-electron chi connectivity index (χ1n) is 9.36. The van der Waals surface area contributed by atoms with E-state index in [0.29, 0.717) is 31.7 Å². The summed E-state index contributed by atoms with van der Waals surface area (Å²) in [5.74, 6) is 1.60. The van der Waals surface area contributed by atoms with E-state index >= 15 is 0 Å². The number of nitrogens with one attached hydrogen (secondary N) is 1. The van der Waals surface area contributed by atoms with Crippen LogP contribution in [0.15, 0.2) is 18.6 Å². The molecule has 3 heterocycles. The van der Waals surface area contributed by atoms with E-state index in [1.54, 1.807) is 6.33 Å². The summed E-state index contributed by atoms with van der Waals surface area (Å²) in [6.07, 6.45) is 6.08. The Morgan fingerprint density at radius 1 is 1.35 bits per heavy atom. The normalized spacial score (nSPS) is 26.5. The van der Waals surface area contributed by atoms with Gasteiger partial charge in [0.25, 0.3) is 0 Å². The molecular formula is C19H25N5O2. The summed E-state index contributed by atoms with van der Waals surface area (Å²) >= 11 is 0. The van der Waals surface area contributed by atoms with Crippen LogP contribution in [0.4, 0.5) is 5.82 Å². The van der Waals surface area contributed by atoms with Crippen molar-refractivity contribution >= 4 is 28.5 Å². The molecule has 1 aliphatic carbocycles. The molecule has 0 aromatic carbocycles. The lowest BCUT2D eigenvalue weighted by atomic mass is 9.91. The molecule has 7 nitrogen and oxygen atoms in total. The summed E-state index contributed by atoms with van der Waals surface area (Å²) < 4.78 is 0. The molecule has 7 heteroatoms. The van der Waals surface area contributed by atoms with Crippen molar-refractivity contribution in [3.8, 4) is 0 Å². The summed E-state index contributed by atoms with van der Waals surface area (Å²) in [6, 6.07) is 2.18. The maximum atomic E-state index is 12.9. The molecule has 1 N–H and O–H groups in total. The monoisotopic (exact) mass is 355 g/mol. The Kier molecular flexibility index (Phi) is 4.38. The molecule has 0 spiro atoms. The summed E-state index contributed by atoms with van der Waals surface area (Å²) in [7, 11) is 2.04. The third-order valence-electron chi connectivity index (χ3n) is 5.99. The number of hydrogen-bond acceptors (Lipinski definition) is 5. The van der Waals surface area contributed by atoms with Gasteiger partial charge < -0.3 is 14.8 Å². The molecule has 2 aliphatic rings. The van der Waals surface area contributed by atoms with Crippen molar-refractivity contribution in [3.63, 3.8) is 0 Å². The van der Waals surface area contributed by atoms with Crippen molar-refractivity contribution in [3.05, 3.63) is 18.6 Å². The number of likely N-dealkylation sites (N-methyl/N-ethyl adjacent to an activating group) is 1. The fourth-order valence-corrected chi connectivity index (χ4v) is 4.33. The van der Waals surface area contributed by atoms with Crippen molar-refractivity contribution in [2.24, 2.45) is 11.8 Å². The number of amides is 1. The lowest BCUT2D eigenvalue weighted by molar-refractivity contribution is -0.137. The maximum absolute atomic E-state index is 12.9. The van der Waals surface area contributed by atoms with Crippen molar-refractivity contribution in [2.45, 2.75) is 38.6 Å². The summed E-state index contributed by atoms with van der Waals surface area (Å²) in [6.45, 7) is 3.69. The molecule has 0 bridgehead atoms. The summed E-state index contributed by atoms with van der Waals surface area (Å²) in [5, 5.41) is 0.993. The van der Waals surface area contributed by atoms with Crippen LogP contribution in [0, 0.1) is 11.8 Å². The van der Waals surface area contributed by atoms with Crippen LogP contribution < -0.4 is 4.90 Å². The molecule has 0 unspecified atom stereocenters. The van der Waals surface area contributed by atoms with E-state index in [4.69, 9.17) is 0 Å². The van der Waals surface area contributed by atoms with E-state index in [0.717, 1.165) is 29.8 Å². The van der Waals surface area contributed by atoms with Gasteiger partial charge in [0.05, 0.1) is 11.4 Å². The number of Topliss-reactive ketones (excluding diaryl/α,β-unsaturated/α-hetero) is 1. The topological polar surface area (TPSA) is 82.2 Å². The van der Waals surface area contributed by atoms with E-state index in [1.807, 2.05) is 24.2 Å². The highest BCUT2D eigenvalue weighted by atomic mass is 16.2. The Hall–Kier alpha value is -2.44. The highest BCUT2D eigenvalue weighted by Gasteiger charge is 2.37. The molecule has 138 valence electrons. The van der Waals surface area contributed by atoms with Crippen LogP contribution in [0.2, 0.25) is 0 Å². The van der Waals surface area contributed by atoms with Crippen molar-refractivity contribution in [1.82, 2.24) is 19.9 Å². The minimum atomic E-state index is -0.114. The number of carbonyl (C=O) groups is 2. The predicted octanol–water partition coefficient (Wildman–Crippen LogP) is 2.00. The zero-order valence-corrected chi connectivity index (χ0v) is 15.3. The summed E-state index contributed by atoms with van der Waals surface area (Å²) in [4.78, 5) is 40.4. The van der Waals surface area contributed by atoms with Crippen LogP contribution in [-0.4, -0.2) is 57.7 Å². The molecule has 4 rings (SSSR count). The molecule has 2 aromatic rings. The number of ketones is 1. The van der Waals surface area contributed by atoms with E-state index < -0.39 is 0 Å². The van der Waals surface area contributed by atoms with Crippen molar-refractivity contribution in [1.29, 1.82) is 0 Å². The van der Waals surface area contributed by atoms with E-state index in [9.17, 15) is 9.59 Å². The van der Waals surface area contributed by atoms with Gasteiger partial charge >= 0.3 is 0 Å². The number of rotatable bonds is 3. The van der Waals surface area contributed by atoms with Gasteiger partial charge in [0.1, 0.15) is 23.6 Å². The number of likely N-dealkylation sites (tertiary alicyclic amines) is 1. The Morgan fingerprint density at radius 3 is 2.96 bits per heavy atom. The molecule has 0 radical (unpaired) electrons. The van der Waals surface area contributed by atoms with Gasteiger partial charge in [-0.05, 0) is 24.8 Å². The second-order valence-corrected chi connectivity index (χ2v) is 7.64. The van der Waals surface area contributed by atoms with Gasteiger partial charge in [0, 0.05) is 45.1 Å². The average molecular weight is 355 g/mol.